The molecule has 8 heteroatoms. The van der Waals surface area contributed by atoms with Gasteiger partial charge in [-0.25, -0.2) is 9.79 Å². The third-order valence-electron chi connectivity index (χ3n) is 1.97. The van der Waals surface area contributed by atoms with Gasteiger partial charge in [-0.1, -0.05) is 0 Å². The van der Waals surface area contributed by atoms with Crippen molar-refractivity contribution in [1.82, 2.24) is 0 Å². The fourth-order valence-electron chi connectivity index (χ4n) is 1.32. The lowest BCUT2D eigenvalue weighted by Gasteiger charge is -2.27. The van der Waals surface area contributed by atoms with Crippen LogP contribution in [0.4, 0.5) is 0 Å². The molecule has 0 atom stereocenters. The molecule has 0 rings (SSSR count). The van der Waals surface area contributed by atoms with Crippen LogP contribution in [-0.4, -0.2) is 51.3 Å². The summed E-state index contributed by atoms with van der Waals surface area (Å²) >= 11 is 0. The average molecular weight is 293 g/mol. The minimum Gasteiger partial charge on any atom is -0.400 e. The number of hydrogen-bond acceptors (Lipinski definition) is 6. The van der Waals surface area contributed by atoms with Crippen molar-refractivity contribution < 1.29 is 22.2 Å². The van der Waals surface area contributed by atoms with Crippen molar-refractivity contribution in [2.24, 2.45) is 4.99 Å². The van der Waals surface area contributed by atoms with Crippen molar-refractivity contribution in [2.75, 3.05) is 26.4 Å². The van der Waals surface area contributed by atoms with Crippen LogP contribution >= 0.6 is 0 Å². The van der Waals surface area contributed by atoms with E-state index in [1.54, 1.807) is 0 Å². The Morgan fingerprint density at radius 3 is 2.11 bits per heavy atom. The Hall–Kier alpha value is -0.346. The summed E-state index contributed by atoms with van der Waals surface area (Å²) in [7, 11) is -3.70. The summed E-state index contributed by atoms with van der Waals surface area (Å²) in [6.45, 7) is 7.71. The van der Waals surface area contributed by atoms with Gasteiger partial charge in [0.25, 0.3) is 0 Å². The Bertz CT molecular complexity index is 231. The summed E-state index contributed by atoms with van der Waals surface area (Å²) in [4.78, 5) is 13.4. The van der Waals surface area contributed by atoms with Crippen molar-refractivity contribution in [3.8, 4) is 0 Å². The molecule has 0 fully saturated rings. The van der Waals surface area contributed by atoms with Gasteiger partial charge < -0.3 is 17.4 Å². The normalized spacial score (nSPS) is 11.9. The zero-order chi connectivity index (χ0) is 13.7. The van der Waals surface area contributed by atoms with E-state index in [1.807, 2.05) is 20.8 Å². The minimum atomic E-state index is -2.91. The molecule has 6 nitrogen and oxygen atoms in total. The first-order valence-corrected chi connectivity index (χ1v) is 9.55. The van der Waals surface area contributed by atoms with E-state index in [1.165, 1.54) is 6.08 Å². The topological polar surface area (TPSA) is 66.3 Å². The summed E-state index contributed by atoms with van der Waals surface area (Å²) in [5.41, 5.74) is 0. The molecule has 0 bridgehead atoms. The summed E-state index contributed by atoms with van der Waals surface area (Å²) < 4.78 is 22.5. The molecule has 106 valence electrons. The van der Waals surface area contributed by atoms with Crippen LogP contribution in [0.3, 0.4) is 0 Å². The van der Waals surface area contributed by atoms with Crippen molar-refractivity contribution in [1.29, 1.82) is 0 Å². The number of isocyanates is 1. The first-order chi connectivity index (χ1) is 8.74. The highest BCUT2D eigenvalue weighted by Gasteiger charge is 2.43. The van der Waals surface area contributed by atoms with E-state index in [0.29, 0.717) is 26.4 Å². The summed E-state index contributed by atoms with van der Waals surface area (Å²) in [5, 5.41) is 0. The van der Waals surface area contributed by atoms with Crippen LogP contribution in [0.1, 0.15) is 27.2 Å². The Morgan fingerprint density at radius 1 is 1.11 bits per heavy atom. The molecule has 0 aromatic heterocycles. The standard InChI is InChI=1S/C10H23NO5Si2/c1-4-13-18(14-5-2,15-6-3)16-17-9-7-8-11-10-12/h4-9,17H2,1-3H3. The Labute approximate surface area is 112 Å². The van der Waals surface area contributed by atoms with Gasteiger partial charge in [0, 0.05) is 19.8 Å². The zero-order valence-corrected chi connectivity index (χ0v) is 13.9. The van der Waals surface area contributed by atoms with E-state index in [2.05, 4.69) is 4.99 Å². The highest BCUT2D eigenvalue weighted by atomic mass is 28.4. The molecule has 0 spiro atoms. The second kappa shape index (κ2) is 11.7. The fraction of sp³-hybridized carbons (Fsp3) is 0.900. The monoisotopic (exact) mass is 293 g/mol. The van der Waals surface area contributed by atoms with E-state index in [0.717, 1.165) is 12.5 Å². The van der Waals surface area contributed by atoms with Gasteiger partial charge >= 0.3 is 9.05 Å². The van der Waals surface area contributed by atoms with Gasteiger partial charge in [-0.2, -0.15) is 0 Å². The van der Waals surface area contributed by atoms with Gasteiger partial charge in [0.1, 0.15) is 0 Å². The molecule has 0 aromatic carbocycles. The van der Waals surface area contributed by atoms with Gasteiger partial charge in [-0.05, 0) is 33.2 Å². The maximum Gasteiger partial charge on any atom is 0.668 e. The smallest absolute Gasteiger partial charge is 0.400 e. The predicted molar refractivity (Wildman–Crippen MR) is 72.7 cm³/mol. The molecule has 0 aliphatic rings. The molecule has 0 aliphatic heterocycles. The van der Waals surface area contributed by atoms with Crippen LogP contribution < -0.4 is 0 Å². The van der Waals surface area contributed by atoms with Crippen LogP contribution in [0.25, 0.3) is 0 Å². The molecule has 0 amide bonds. The summed E-state index contributed by atoms with van der Waals surface area (Å²) in [6.07, 6.45) is 2.35. The number of aliphatic imine (C=N–C) groups is 1. The number of carbonyl (C=O) groups excluding carboxylic acids is 1. The number of nitrogens with zero attached hydrogens (tertiary/aromatic N) is 1. The van der Waals surface area contributed by atoms with E-state index < -0.39 is 18.8 Å². The summed E-state index contributed by atoms with van der Waals surface area (Å²) in [5.74, 6) is 0. The van der Waals surface area contributed by atoms with E-state index >= 15 is 0 Å². The average Bonchev–Trinajstić information content (AvgIpc) is 2.35. The minimum absolute atomic E-state index is 0.506. The zero-order valence-electron chi connectivity index (χ0n) is 11.4. The Kier molecular flexibility index (Phi) is 11.5. The molecule has 0 saturated carbocycles. The molecule has 0 N–H and O–H groups in total. The second-order valence-corrected chi connectivity index (χ2v) is 7.46. The van der Waals surface area contributed by atoms with Crippen molar-refractivity contribution in [3.63, 3.8) is 0 Å². The maximum absolute atomic E-state index is 9.89. The largest absolute Gasteiger partial charge is 0.668 e. The number of hydrogen-bond donors (Lipinski definition) is 0. The van der Waals surface area contributed by atoms with Crippen LogP contribution in [0.15, 0.2) is 4.99 Å². The van der Waals surface area contributed by atoms with E-state index in [4.69, 9.17) is 17.4 Å². The Morgan fingerprint density at radius 2 is 1.67 bits per heavy atom. The van der Waals surface area contributed by atoms with Crippen molar-refractivity contribution >= 4 is 24.9 Å². The predicted octanol–water partition coefficient (Wildman–Crippen LogP) is 0.776. The molecule has 18 heavy (non-hydrogen) atoms. The number of rotatable bonds is 12. The molecular formula is C10H23NO5Si2. The lowest BCUT2D eigenvalue weighted by Crippen LogP contribution is -2.50. The maximum atomic E-state index is 9.89. The van der Waals surface area contributed by atoms with Crippen molar-refractivity contribution in [3.05, 3.63) is 0 Å². The van der Waals surface area contributed by atoms with Crippen LogP contribution in [0.5, 0.6) is 0 Å². The van der Waals surface area contributed by atoms with Gasteiger partial charge in [0.2, 0.25) is 6.08 Å². The van der Waals surface area contributed by atoms with E-state index in [-0.39, 0.29) is 0 Å². The second-order valence-electron chi connectivity index (χ2n) is 3.33. The molecule has 0 aromatic rings. The lowest BCUT2D eigenvalue weighted by atomic mass is 10.5. The first-order valence-electron chi connectivity index (χ1n) is 6.34. The highest BCUT2D eigenvalue weighted by Crippen LogP contribution is 2.12. The SMILES string of the molecule is CCO[Si](OCC)(OCC)O[SiH2]CCCN=C=O. The summed E-state index contributed by atoms with van der Waals surface area (Å²) in [6, 6.07) is 0.910. The van der Waals surface area contributed by atoms with E-state index in [9.17, 15) is 4.79 Å². The molecule has 0 saturated heterocycles. The molecular weight excluding hydrogens is 270 g/mol. The third-order valence-corrected chi connectivity index (χ3v) is 6.92. The van der Waals surface area contributed by atoms with Crippen molar-refractivity contribution in [2.45, 2.75) is 33.2 Å². The van der Waals surface area contributed by atoms with Crippen LogP contribution in [0.2, 0.25) is 6.04 Å². The first kappa shape index (κ1) is 17.7. The highest BCUT2D eigenvalue weighted by molar-refractivity contribution is 6.60. The molecule has 0 heterocycles. The Balaban J connectivity index is 4.08. The molecule has 0 unspecified atom stereocenters. The van der Waals surface area contributed by atoms with Gasteiger partial charge in [0.15, 0.2) is 9.76 Å². The lowest BCUT2D eigenvalue weighted by molar-refractivity contribution is 0.0105. The van der Waals surface area contributed by atoms with Crippen LogP contribution in [-0.2, 0) is 22.2 Å². The molecule has 0 radical (unpaired) electrons. The quantitative estimate of drug-likeness (QED) is 0.230. The third kappa shape index (κ3) is 7.88. The van der Waals surface area contributed by atoms with Crippen LogP contribution in [0, 0.1) is 0 Å². The fourth-order valence-corrected chi connectivity index (χ4v) is 5.63. The molecule has 0 aliphatic carbocycles. The van der Waals surface area contributed by atoms with Gasteiger partial charge in [-0.15, -0.1) is 0 Å². The van der Waals surface area contributed by atoms with Gasteiger partial charge in [0.05, 0.1) is 6.54 Å². The van der Waals surface area contributed by atoms with Gasteiger partial charge in [-0.3, -0.25) is 0 Å².